The number of carbonyl (C=O) groups excluding carboxylic acids is 1. The van der Waals surface area contributed by atoms with Crippen LogP contribution in [-0.4, -0.2) is 26.7 Å². The quantitative estimate of drug-likeness (QED) is 0.785. The minimum absolute atomic E-state index is 0.119. The van der Waals surface area contributed by atoms with Crippen LogP contribution in [0.25, 0.3) is 0 Å². The van der Waals surface area contributed by atoms with E-state index in [1.807, 2.05) is 18.2 Å². The van der Waals surface area contributed by atoms with Gasteiger partial charge >= 0.3 is 0 Å². The molecule has 1 aromatic carbocycles. The highest BCUT2D eigenvalue weighted by Crippen LogP contribution is 2.24. The number of hydrogen-bond donors (Lipinski definition) is 1. The minimum atomic E-state index is 0.119. The number of allylic oxidation sites excluding steroid dienone is 2. The van der Waals surface area contributed by atoms with Crippen LogP contribution in [0.3, 0.4) is 0 Å². The standard InChI is InChI=1S/C17H23NO3/c1-20-15-7-8-16(21-2)14(12-15)9-10-18-17(19)11-13-5-3-4-6-13/h3,5,7-8,12-13H,4,6,9-11H2,1-2H3,(H,18,19)/t13-/m0/s1. The van der Waals surface area contributed by atoms with Crippen LogP contribution in [0.5, 0.6) is 11.5 Å². The van der Waals surface area contributed by atoms with Crippen LogP contribution in [0.1, 0.15) is 24.8 Å². The second-order valence-electron chi connectivity index (χ2n) is 5.25. The van der Waals surface area contributed by atoms with Crippen molar-refractivity contribution in [2.75, 3.05) is 20.8 Å². The molecule has 0 spiro atoms. The number of nitrogens with one attached hydrogen (secondary N) is 1. The van der Waals surface area contributed by atoms with Gasteiger partial charge in [-0.2, -0.15) is 0 Å². The Morgan fingerprint density at radius 2 is 2.19 bits per heavy atom. The van der Waals surface area contributed by atoms with Crippen LogP contribution in [0.2, 0.25) is 0 Å². The molecule has 0 fully saturated rings. The van der Waals surface area contributed by atoms with E-state index in [9.17, 15) is 4.79 Å². The highest BCUT2D eigenvalue weighted by molar-refractivity contribution is 5.76. The maximum Gasteiger partial charge on any atom is 0.220 e. The van der Waals surface area contributed by atoms with Crippen molar-refractivity contribution in [1.82, 2.24) is 5.32 Å². The third kappa shape index (κ3) is 4.52. The van der Waals surface area contributed by atoms with E-state index in [0.717, 1.165) is 36.3 Å². The third-order valence-electron chi connectivity index (χ3n) is 3.76. The lowest BCUT2D eigenvalue weighted by molar-refractivity contribution is -0.121. The monoisotopic (exact) mass is 289 g/mol. The summed E-state index contributed by atoms with van der Waals surface area (Å²) in [6.07, 6.45) is 7.80. The van der Waals surface area contributed by atoms with Gasteiger partial charge in [-0.25, -0.2) is 0 Å². The van der Waals surface area contributed by atoms with Crippen LogP contribution < -0.4 is 14.8 Å². The van der Waals surface area contributed by atoms with Gasteiger partial charge in [0.05, 0.1) is 14.2 Å². The molecule has 1 aliphatic carbocycles. The van der Waals surface area contributed by atoms with Crippen LogP contribution in [0.15, 0.2) is 30.4 Å². The number of benzene rings is 1. The largest absolute Gasteiger partial charge is 0.497 e. The van der Waals surface area contributed by atoms with Crippen molar-refractivity contribution in [2.24, 2.45) is 5.92 Å². The third-order valence-corrected chi connectivity index (χ3v) is 3.76. The van der Waals surface area contributed by atoms with Gasteiger partial charge in [0.25, 0.3) is 0 Å². The van der Waals surface area contributed by atoms with Crippen molar-refractivity contribution in [1.29, 1.82) is 0 Å². The van der Waals surface area contributed by atoms with Crippen molar-refractivity contribution in [2.45, 2.75) is 25.7 Å². The fourth-order valence-electron chi connectivity index (χ4n) is 2.59. The molecule has 0 radical (unpaired) electrons. The molecule has 1 aliphatic rings. The zero-order valence-electron chi connectivity index (χ0n) is 12.7. The van der Waals surface area contributed by atoms with E-state index in [1.165, 1.54) is 0 Å². The lowest BCUT2D eigenvalue weighted by atomic mass is 10.0. The number of hydrogen-bond acceptors (Lipinski definition) is 3. The van der Waals surface area contributed by atoms with Gasteiger partial charge in [0.15, 0.2) is 0 Å². The molecule has 1 N–H and O–H groups in total. The number of ether oxygens (including phenoxy) is 2. The van der Waals surface area contributed by atoms with Gasteiger partial charge in [0.1, 0.15) is 11.5 Å². The number of methoxy groups -OCH3 is 2. The summed E-state index contributed by atoms with van der Waals surface area (Å²) < 4.78 is 10.6. The summed E-state index contributed by atoms with van der Waals surface area (Å²) in [6, 6.07) is 5.71. The Kier molecular flexibility index (Phi) is 5.67. The molecular formula is C17H23NO3. The Balaban J connectivity index is 1.82. The average Bonchev–Trinajstić information content (AvgIpc) is 3.00. The summed E-state index contributed by atoms with van der Waals surface area (Å²) in [5.41, 5.74) is 1.04. The topological polar surface area (TPSA) is 47.6 Å². The molecule has 0 saturated carbocycles. The minimum Gasteiger partial charge on any atom is -0.497 e. The summed E-state index contributed by atoms with van der Waals surface area (Å²) in [5, 5.41) is 2.98. The van der Waals surface area contributed by atoms with Gasteiger partial charge < -0.3 is 14.8 Å². The lowest BCUT2D eigenvalue weighted by Crippen LogP contribution is -2.27. The predicted molar refractivity (Wildman–Crippen MR) is 82.7 cm³/mol. The zero-order valence-corrected chi connectivity index (χ0v) is 12.7. The molecule has 114 valence electrons. The van der Waals surface area contributed by atoms with Crippen molar-refractivity contribution < 1.29 is 14.3 Å². The Morgan fingerprint density at radius 3 is 2.86 bits per heavy atom. The van der Waals surface area contributed by atoms with Crippen LogP contribution >= 0.6 is 0 Å². The second-order valence-corrected chi connectivity index (χ2v) is 5.25. The molecule has 1 amide bonds. The number of carbonyl (C=O) groups is 1. The first-order valence-corrected chi connectivity index (χ1v) is 7.37. The molecule has 1 aromatic rings. The first-order chi connectivity index (χ1) is 10.2. The molecule has 4 heteroatoms. The van der Waals surface area contributed by atoms with Gasteiger partial charge in [0.2, 0.25) is 5.91 Å². The van der Waals surface area contributed by atoms with E-state index >= 15 is 0 Å². The van der Waals surface area contributed by atoms with Gasteiger partial charge in [-0.3, -0.25) is 4.79 Å². The lowest BCUT2D eigenvalue weighted by Gasteiger charge is -2.12. The Labute approximate surface area is 126 Å². The summed E-state index contributed by atoms with van der Waals surface area (Å²) in [7, 11) is 3.29. The van der Waals surface area contributed by atoms with E-state index in [-0.39, 0.29) is 5.91 Å². The fourth-order valence-corrected chi connectivity index (χ4v) is 2.59. The molecule has 0 saturated heterocycles. The molecule has 21 heavy (non-hydrogen) atoms. The van der Waals surface area contributed by atoms with Crippen molar-refractivity contribution in [3.63, 3.8) is 0 Å². The summed E-state index contributed by atoms with van der Waals surface area (Å²) in [4.78, 5) is 11.9. The summed E-state index contributed by atoms with van der Waals surface area (Å²) >= 11 is 0. The Morgan fingerprint density at radius 1 is 1.33 bits per heavy atom. The van der Waals surface area contributed by atoms with Crippen LogP contribution in [-0.2, 0) is 11.2 Å². The first-order valence-electron chi connectivity index (χ1n) is 7.37. The van der Waals surface area contributed by atoms with E-state index in [0.29, 0.717) is 18.9 Å². The molecule has 0 aliphatic heterocycles. The van der Waals surface area contributed by atoms with Gasteiger partial charge in [-0.1, -0.05) is 12.2 Å². The van der Waals surface area contributed by atoms with Crippen molar-refractivity contribution in [3.05, 3.63) is 35.9 Å². The molecule has 0 heterocycles. The predicted octanol–water partition coefficient (Wildman–Crippen LogP) is 2.72. The highest BCUT2D eigenvalue weighted by Gasteiger charge is 2.13. The highest BCUT2D eigenvalue weighted by atomic mass is 16.5. The molecule has 4 nitrogen and oxygen atoms in total. The molecule has 0 bridgehead atoms. The van der Waals surface area contributed by atoms with E-state index in [2.05, 4.69) is 17.5 Å². The molecule has 1 atom stereocenters. The Hall–Kier alpha value is -1.97. The van der Waals surface area contributed by atoms with E-state index in [1.54, 1.807) is 14.2 Å². The Bertz CT molecular complexity index is 511. The molecule has 0 aromatic heterocycles. The fraction of sp³-hybridized carbons (Fsp3) is 0.471. The van der Waals surface area contributed by atoms with E-state index in [4.69, 9.17) is 9.47 Å². The molecular weight excluding hydrogens is 266 g/mol. The number of amides is 1. The number of rotatable bonds is 7. The molecule has 0 unspecified atom stereocenters. The zero-order chi connectivity index (χ0) is 15.1. The summed E-state index contributed by atoms with van der Waals surface area (Å²) in [6.45, 7) is 0.610. The second kappa shape index (κ2) is 7.72. The maximum absolute atomic E-state index is 11.9. The van der Waals surface area contributed by atoms with Crippen molar-refractivity contribution >= 4 is 5.91 Å². The van der Waals surface area contributed by atoms with E-state index < -0.39 is 0 Å². The smallest absolute Gasteiger partial charge is 0.220 e. The average molecular weight is 289 g/mol. The van der Waals surface area contributed by atoms with Gasteiger partial charge in [-0.05, 0) is 48.9 Å². The maximum atomic E-state index is 11.9. The normalized spacial score (nSPS) is 16.8. The SMILES string of the molecule is COc1ccc(OC)c(CCNC(=O)C[C@H]2C=CCC2)c1. The van der Waals surface area contributed by atoms with Gasteiger partial charge in [0, 0.05) is 13.0 Å². The molecule has 2 rings (SSSR count). The van der Waals surface area contributed by atoms with Gasteiger partial charge in [-0.15, -0.1) is 0 Å². The van der Waals surface area contributed by atoms with Crippen molar-refractivity contribution in [3.8, 4) is 11.5 Å². The summed E-state index contributed by atoms with van der Waals surface area (Å²) in [5.74, 6) is 2.15. The van der Waals surface area contributed by atoms with Crippen LogP contribution in [0.4, 0.5) is 0 Å². The van der Waals surface area contributed by atoms with Crippen LogP contribution in [0, 0.1) is 5.92 Å². The first kappa shape index (κ1) is 15.4.